The second kappa shape index (κ2) is 8.10. The van der Waals surface area contributed by atoms with Crippen LogP contribution in [0.5, 0.6) is 5.75 Å². The maximum atomic E-state index is 6.18. The van der Waals surface area contributed by atoms with Crippen LogP contribution in [0.15, 0.2) is 58.8 Å². The van der Waals surface area contributed by atoms with Crippen LogP contribution in [0.3, 0.4) is 0 Å². The molecule has 0 N–H and O–H groups in total. The Kier molecular flexibility index (Phi) is 4.96. The molecule has 180 valence electrons. The molecule has 7 nitrogen and oxygen atoms in total. The molecule has 1 aliphatic carbocycles. The van der Waals surface area contributed by atoms with E-state index in [9.17, 15) is 0 Å². The van der Waals surface area contributed by atoms with Crippen LogP contribution in [-0.2, 0) is 17.6 Å². The van der Waals surface area contributed by atoms with Crippen LogP contribution < -0.4 is 14.5 Å². The van der Waals surface area contributed by atoms with Crippen molar-refractivity contribution in [1.82, 2.24) is 15.0 Å². The molecule has 2 fully saturated rings. The highest BCUT2D eigenvalue weighted by molar-refractivity contribution is 7.99. The number of nitrogens with zero attached hydrogens (tertiary/aromatic N) is 5. The lowest BCUT2D eigenvalue weighted by Crippen LogP contribution is -2.66. The minimum absolute atomic E-state index is 0.0843. The smallest absolute Gasteiger partial charge is 0.175 e. The molecule has 7 rings (SSSR count). The van der Waals surface area contributed by atoms with Gasteiger partial charge in [-0.05, 0) is 48.3 Å². The van der Waals surface area contributed by atoms with Gasteiger partial charge in [0.15, 0.2) is 11.6 Å². The Morgan fingerprint density at radius 3 is 2.34 bits per heavy atom. The van der Waals surface area contributed by atoms with Gasteiger partial charge in [-0.1, -0.05) is 36.0 Å². The summed E-state index contributed by atoms with van der Waals surface area (Å²) in [5.74, 6) is 2.66. The zero-order valence-electron chi connectivity index (χ0n) is 19.9. The van der Waals surface area contributed by atoms with Gasteiger partial charge in [-0.15, -0.1) is 0 Å². The van der Waals surface area contributed by atoms with Crippen molar-refractivity contribution in [2.45, 2.75) is 41.1 Å². The molecule has 2 spiro atoms. The average molecular weight is 488 g/mol. The number of anilines is 2. The second-order valence-corrected chi connectivity index (χ2v) is 11.5. The summed E-state index contributed by atoms with van der Waals surface area (Å²) in [6.45, 7) is 4.05. The standard InChI is InChI=1S/C27H29N5O2S/c1-31-25-24(34-18-27(31)16-33-17-27)21(6-9-28-25)35-23-15-29-22(14-30-23)32-10-7-26(8-11-32)12-19-4-2-3-5-20(19)13-26/h2-6,9,14-15H,7-8,10-13,16-18H2,1H3. The van der Waals surface area contributed by atoms with Crippen LogP contribution in [-0.4, -0.2) is 60.4 Å². The highest BCUT2D eigenvalue weighted by Gasteiger charge is 2.48. The van der Waals surface area contributed by atoms with Gasteiger partial charge in [-0.2, -0.15) is 0 Å². The average Bonchev–Trinajstić information content (AvgIpc) is 3.22. The van der Waals surface area contributed by atoms with Gasteiger partial charge in [0.25, 0.3) is 0 Å². The van der Waals surface area contributed by atoms with E-state index in [2.05, 4.69) is 46.1 Å². The molecule has 35 heavy (non-hydrogen) atoms. The Hall–Kier alpha value is -2.84. The predicted molar refractivity (Wildman–Crippen MR) is 136 cm³/mol. The molecule has 2 saturated heterocycles. The Labute approximate surface area is 209 Å². The highest BCUT2D eigenvalue weighted by Crippen LogP contribution is 2.46. The normalized spacial score (nSPS) is 21.4. The summed E-state index contributed by atoms with van der Waals surface area (Å²) in [6, 6.07) is 11.0. The number of pyridine rings is 1. The van der Waals surface area contributed by atoms with E-state index in [0.717, 1.165) is 40.4 Å². The number of piperidine rings is 1. The Morgan fingerprint density at radius 1 is 0.914 bits per heavy atom. The fraction of sp³-hybridized carbons (Fsp3) is 0.444. The summed E-state index contributed by atoms with van der Waals surface area (Å²) >= 11 is 1.58. The first-order valence-electron chi connectivity index (χ1n) is 12.4. The maximum absolute atomic E-state index is 6.18. The van der Waals surface area contributed by atoms with Crippen LogP contribution in [0.4, 0.5) is 11.6 Å². The van der Waals surface area contributed by atoms with Crippen LogP contribution in [0, 0.1) is 5.41 Å². The summed E-state index contributed by atoms with van der Waals surface area (Å²) in [5.41, 5.74) is 3.44. The first-order chi connectivity index (χ1) is 17.1. The van der Waals surface area contributed by atoms with E-state index in [-0.39, 0.29) is 5.54 Å². The van der Waals surface area contributed by atoms with Gasteiger partial charge in [0.2, 0.25) is 0 Å². The molecule has 0 amide bonds. The van der Waals surface area contributed by atoms with E-state index in [1.165, 1.54) is 25.7 Å². The molecule has 8 heteroatoms. The first kappa shape index (κ1) is 21.4. The maximum Gasteiger partial charge on any atom is 0.175 e. The van der Waals surface area contributed by atoms with Gasteiger partial charge in [0.1, 0.15) is 23.0 Å². The van der Waals surface area contributed by atoms with Crippen LogP contribution in [0.1, 0.15) is 24.0 Å². The summed E-state index contributed by atoms with van der Waals surface area (Å²) < 4.78 is 11.6. The minimum Gasteiger partial charge on any atom is -0.486 e. The molecule has 5 heterocycles. The Balaban J connectivity index is 1.02. The van der Waals surface area contributed by atoms with Gasteiger partial charge in [0, 0.05) is 26.3 Å². The van der Waals surface area contributed by atoms with Crippen LogP contribution in [0.2, 0.25) is 0 Å². The lowest BCUT2D eigenvalue weighted by atomic mass is 9.76. The van der Waals surface area contributed by atoms with Crippen molar-refractivity contribution in [3.63, 3.8) is 0 Å². The lowest BCUT2D eigenvalue weighted by Gasteiger charge is -2.50. The summed E-state index contributed by atoms with van der Waals surface area (Å²) in [7, 11) is 2.08. The van der Waals surface area contributed by atoms with Crippen molar-refractivity contribution in [3.05, 3.63) is 60.0 Å². The van der Waals surface area contributed by atoms with Crippen LogP contribution in [0.25, 0.3) is 0 Å². The Morgan fingerprint density at radius 2 is 1.69 bits per heavy atom. The third-order valence-corrected chi connectivity index (χ3v) is 9.29. The monoisotopic (exact) mass is 487 g/mol. The quantitative estimate of drug-likeness (QED) is 0.549. The number of aromatic nitrogens is 3. The van der Waals surface area contributed by atoms with Gasteiger partial charge >= 0.3 is 0 Å². The number of benzene rings is 1. The fourth-order valence-corrected chi connectivity index (χ4v) is 6.80. The Bertz CT molecular complexity index is 1230. The van der Waals surface area contributed by atoms with Gasteiger partial charge in [0.05, 0.1) is 30.5 Å². The van der Waals surface area contributed by atoms with Gasteiger partial charge in [-0.3, -0.25) is 0 Å². The molecule has 4 aliphatic rings. The van der Waals surface area contributed by atoms with Crippen molar-refractivity contribution in [2.24, 2.45) is 5.41 Å². The number of rotatable bonds is 3. The molecular weight excluding hydrogens is 458 g/mol. The molecule has 3 aliphatic heterocycles. The van der Waals surface area contributed by atoms with E-state index in [1.807, 2.05) is 24.7 Å². The van der Waals surface area contributed by atoms with Crippen molar-refractivity contribution in [3.8, 4) is 5.75 Å². The number of hydrogen-bond acceptors (Lipinski definition) is 8. The van der Waals surface area contributed by atoms with Crippen molar-refractivity contribution in [1.29, 1.82) is 0 Å². The van der Waals surface area contributed by atoms with Crippen molar-refractivity contribution >= 4 is 23.4 Å². The van der Waals surface area contributed by atoms with Crippen molar-refractivity contribution < 1.29 is 9.47 Å². The number of hydrogen-bond donors (Lipinski definition) is 0. The third kappa shape index (κ3) is 3.57. The molecule has 1 aromatic carbocycles. The molecule has 0 atom stereocenters. The zero-order chi connectivity index (χ0) is 23.5. The lowest BCUT2D eigenvalue weighted by molar-refractivity contribution is -0.0801. The number of ether oxygens (including phenoxy) is 2. The molecule has 0 bridgehead atoms. The third-order valence-electron chi connectivity index (χ3n) is 8.33. The predicted octanol–water partition coefficient (Wildman–Crippen LogP) is 4.01. The molecule has 0 radical (unpaired) electrons. The van der Waals surface area contributed by atoms with Crippen molar-refractivity contribution in [2.75, 3.05) is 49.8 Å². The van der Waals surface area contributed by atoms with E-state index < -0.39 is 0 Å². The molecule has 3 aromatic rings. The molecular formula is C27H29N5O2S. The van der Waals surface area contributed by atoms with Gasteiger partial charge in [-0.25, -0.2) is 15.0 Å². The second-order valence-electron chi connectivity index (χ2n) is 10.5. The molecule has 0 saturated carbocycles. The fourth-order valence-electron chi connectivity index (χ4n) is 5.99. The topological polar surface area (TPSA) is 63.6 Å². The number of fused-ring (bicyclic) bond motifs is 2. The molecule has 2 aromatic heterocycles. The van der Waals surface area contributed by atoms with E-state index in [0.29, 0.717) is 25.2 Å². The van der Waals surface area contributed by atoms with E-state index in [4.69, 9.17) is 19.4 Å². The largest absolute Gasteiger partial charge is 0.486 e. The highest BCUT2D eigenvalue weighted by atomic mass is 32.2. The number of likely N-dealkylation sites (N-methyl/N-ethyl adjacent to an activating group) is 1. The minimum atomic E-state index is -0.0843. The van der Waals surface area contributed by atoms with E-state index >= 15 is 0 Å². The summed E-state index contributed by atoms with van der Waals surface area (Å²) in [5, 5.41) is 0.861. The molecule has 0 unspecified atom stereocenters. The van der Waals surface area contributed by atoms with Crippen LogP contribution >= 0.6 is 11.8 Å². The first-order valence-corrected chi connectivity index (χ1v) is 13.2. The van der Waals surface area contributed by atoms with E-state index in [1.54, 1.807) is 22.9 Å². The summed E-state index contributed by atoms with van der Waals surface area (Å²) in [4.78, 5) is 19.7. The zero-order valence-corrected chi connectivity index (χ0v) is 20.8. The van der Waals surface area contributed by atoms with Gasteiger partial charge < -0.3 is 19.3 Å². The SMILES string of the molecule is CN1c2nccc(Sc3cnc(N4CCC5(CC4)Cc4ccccc4C5)cn3)c2OCC12COC2. The summed E-state index contributed by atoms with van der Waals surface area (Å²) in [6.07, 6.45) is 10.5.